The molecule has 16 nitrogen and oxygen atoms in total. The number of ether oxygens (including phenoxy) is 8. The lowest BCUT2D eigenvalue weighted by atomic mass is 9.71. The molecule has 18 atom stereocenters. The van der Waals surface area contributed by atoms with E-state index in [4.69, 9.17) is 37.9 Å². The molecule has 10 aliphatic rings. The molecule has 4 N–H and O–H groups in total. The molecule has 0 aromatic rings. The number of aliphatic hydroxyl groups is 2. The Morgan fingerprint density at radius 2 is 1.05 bits per heavy atom. The second kappa shape index (κ2) is 24.1. The van der Waals surface area contributed by atoms with Crippen molar-refractivity contribution in [3.63, 3.8) is 0 Å². The number of allylic oxidation sites excluding steroid dienone is 8. The van der Waals surface area contributed by atoms with Crippen LogP contribution in [-0.2, 0) is 47.5 Å². The van der Waals surface area contributed by atoms with Crippen molar-refractivity contribution in [2.24, 2.45) is 45.8 Å². The van der Waals surface area contributed by atoms with Gasteiger partial charge in [0.05, 0.1) is 37.6 Å². The minimum Gasteiger partial charge on any atom is -0.462 e. The molecule has 0 aromatic heterocycles. The summed E-state index contributed by atoms with van der Waals surface area (Å²) in [6.45, 7) is 21.0. The van der Waals surface area contributed by atoms with Crippen LogP contribution in [0.5, 0.6) is 0 Å². The van der Waals surface area contributed by atoms with Gasteiger partial charge in [0.15, 0.2) is 11.6 Å². The maximum Gasteiger partial charge on any atom is 0.316 e. The molecule has 2 spiro atoms. The topological polar surface area (TPSA) is 214 Å². The number of oxime groups is 2. The number of hydrogen-bond acceptors (Lipinski definition) is 16. The smallest absolute Gasteiger partial charge is 0.316 e. The summed E-state index contributed by atoms with van der Waals surface area (Å²) in [5.74, 6) is -3.22. The zero-order valence-corrected chi connectivity index (χ0v) is 48.2. The van der Waals surface area contributed by atoms with Gasteiger partial charge in [-0.1, -0.05) is 117 Å². The summed E-state index contributed by atoms with van der Waals surface area (Å²) in [6, 6.07) is 0. The highest BCUT2D eigenvalue weighted by Crippen LogP contribution is 2.49. The molecule has 10 rings (SSSR count). The van der Waals surface area contributed by atoms with E-state index in [0.29, 0.717) is 66.2 Å². The average molecular weight is 1100 g/mol. The number of carbonyl (C=O) groups is 2. The molecule has 79 heavy (non-hydrogen) atoms. The Morgan fingerprint density at radius 3 is 1.48 bits per heavy atom. The third-order valence-electron chi connectivity index (χ3n) is 18.7. The number of nitrogens with zero attached hydrogens (tertiary/aromatic N) is 2. The second-order valence-corrected chi connectivity index (χ2v) is 25.0. The zero-order valence-electron chi connectivity index (χ0n) is 48.2. The van der Waals surface area contributed by atoms with Gasteiger partial charge < -0.3 is 58.5 Å². The van der Waals surface area contributed by atoms with Gasteiger partial charge in [-0.25, -0.2) is 0 Å². The van der Waals surface area contributed by atoms with Crippen LogP contribution in [0.25, 0.3) is 0 Å². The van der Waals surface area contributed by atoms with Crippen LogP contribution in [0, 0.1) is 35.5 Å². The Bertz CT molecular complexity index is 2610. The van der Waals surface area contributed by atoms with E-state index in [-0.39, 0.29) is 60.9 Å². The third kappa shape index (κ3) is 12.2. The molecule has 434 valence electrons. The molecule has 2 unspecified atom stereocenters. The molecule has 0 aromatic carbocycles. The minimum atomic E-state index is -1.72. The zero-order chi connectivity index (χ0) is 56.6. The van der Waals surface area contributed by atoms with E-state index in [2.05, 4.69) is 90.0 Å². The van der Waals surface area contributed by atoms with Crippen LogP contribution < -0.4 is 0 Å². The fraction of sp³-hybridized carbons (Fsp3) is 0.683. The molecule has 16 heteroatoms. The normalized spacial score (nSPS) is 47.0. The Kier molecular flexibility index (Phi) is 18.1. The highest BCUT2D eigenvalue weighted by atomic mass is 16.7. The van der Waals surface area contributed by atoms with Crippen molar-refractivity contribution in [3.05, 3.63) is 94.2 Å². The predicted molar refractivity (Wildman–Crippen MR) is 297 cm³/mol. The Balaban J connectivity index is 0.000000192. The molecular formula is C63H88N2O14. The first kappa shape index (κ1) is 59.1. The van der Waals surface area contributed by atoms with Gasteiger partial charge in [-0.3, -0.25) is 9.59 Å². The molecule has 6 fully saturated rings. The molecule has 0 amide bonds. The van der Waals surface area contributed by atoms with Crippen LogP contribution in [0.15, 0.2) is 105 Å². The summed E-state index contributed by atoms with van der Waals surface area (Å²) in [7, 11) is 0. The highest BCUT2D eigenvalue weighted by Gasteiger charge is 2.61. The summed E-state index contributed by atoms with van der Waals surface area (Å²) in [6.07, 6.45) is 26.1. The van der Waals surface area contributed by atoms with E-state index in [1.807, 2.05) is 24.3 Å². The quantitative estimate of drug-likeness (QED) is 0.0833. The Morgan fingerprint density at radius 1 is 0.608 bits per heavy atom. The number of hydrogen-bond donors (Lipinski definition) is 4. The van der Waals surface area contributed by atoms with E-state index in [1.165, 1.54) is 11.1 Å². The van der Waals surface area contributed by atoms with Crippen molar-refractivity contribution in [1.29, 1.82) is 0 Å². The van der Waals surface area contributed by atoms with E-state index >= 15 is 0 Å². The lowest BCUT2D eigenvalue weighted by Crippen LogP contribution is -2.57. The maximum atomic E-state index is 13.9. The van der Waals surface area contributed by atoms with Crippen LogP contribution in [0.2, 0.25) is 0 Å². The number of carbonyl (C=O) groups excluding carboxylic acids is 2. The molecule has 8 heterocycles. The largest absolute Gasteiger partial charge is 0.462 e. The summed E-state index contributed by atoms with van der Waals surface area (Å²) in [5.41, 5.74) is 1.84. The van der Waals surface area contributed by atoms with Crippen molar-refractivity contribution in [1.82, 2.24) is 0 Å². The van der Waals surface area contributed by atoms with Crippen molar-refractivity contribution in [2.75, 3.05) is 13.2 Å². The molecule has 2 aliphatic carbocycles. The standard InChI is InChI=1S/C32H45NO7.C31H43NO7/c1-6-27-21(4)12-13-31(40-27)17-25-16-24(39-31)11-10-20(3)14-19(2)8-7-9-23-18-37-29-28(33-36)22(5)15-26(30(34)38-25)32(23,29)35;1-18-7-6-8-23-17-36-28-27(32-35)21(4)14-26(31(23,28)34)29(33)37-25-15-24(10-9-19(2)13-18)39-30(16-25)12-11-20(3)22(5)38-30/h7-10,15,19,21,24-27,29,35-36H,6,11-14,16-18H2,1-5H3;6-9,14,18,20,22,24-26,28,34-35H,10-13,15-17H2,1-5H3/b8-7+,20-10+,23-9+,33-28+;7-6?,19-9+,23-8+,32-27+/t19-,21?,24+,25-,26-,27+,29+,31+,32+;18-,20?,22+,24+,25-,26-,28+,30-,31+/m00/s1. The number of esters is 2. The van der Waals surface area contributed by atoms with Gasteiger partial charge in [0, 0.05) is 38.5 Å². The van der Waals surface area contributed by atoms with Gasteiger partial charge in [0.2, 0.25) is 0 Å². The van der Waals surface area contributed by atoms with Crippen molar-refractivity contribution >= 4 is 23.4 Å². The first-order valence-corrected chi connectivity index (χ1v) is 29.3. The van der Waals surface area contributed by atoms with E-state index in [0.717, 1.165) is 51.4 Å². The fourth-order valence-electron chi connectivity index (χ4n) is 14.1. The Labute approximate surface area is 467 Å². The van der Waals surface area contributed by atoms with Gasteiger partial charge in [0.1, 0.15) is 58.9 Å². The monoisotopic (exact) mass is 1100 g/mol. The second-order valence-electron chi connectivity index (χ2n) is 25.0. The van der Waals surface area contributed by atoms with Gasteiger partial charge in [-0.15, -0.1) is 0 Å². The summed E-state index contributed by atoms with van der Waals surface area (Å²) >= 11 is 0. The van der Waals surface area contributed by atoms with Crippen LogP contribution in [0.1, 0.15) is 153 Å². The first-order valence-electron chi connectivity index (χ1n) is 29.3. The molecule has 8 aliphatic heterocycles. The summed E-state index contributed by atoms with van der Waals surface area (Å²) < 4.78 is 50.8. The fourth-order valence-corrected chi connectivity index (χ4v) is 14.1. The average Bonchev–Trinajstić information content (AvgIpc) is 4.00. The van der Waals surface area contributed by atoms with Gasteiger partial charge >= 0.3 is 11.9 Å². The SMILES string of the molecule is CC1=C[C@H]2C(=O)O[C@H]3C[C@@H](C/C=C(\C)C[C@@H](C)C=C/C=C4\CO[C@H](/C1=N/O)[C@@]42O)O[C@@]1(CCC(C)[C@@H](C)O1)C3.CC[C@H]1O[C@]2(CCC1C)C[C@@H]1C[C@@H](C/C=C(\C)C[C@@H](C)/C=C/C=C3\CO[C@@H]4/C(=N/O)C(C)=C[C@@H](C(=O)O1)[C@]34O)O2. The van der Waals surface area contributed by atoms with E-state index in [1.54, 1.807) is 26.0 Å². The van der Waals surface area contributed by atoms with Gasteiger partial charge in [-0.05, 0) is 126 Å². The highest BCUT2D eigenvalue weighted by molar-refractivity contribution is 6.07. The first-order chi connectivity index (χ1) is 37.6. The summed E-state index contributed by atoms with van der Waals surface area (Å²) in [5, 5.41) is 50.5. The molecule has 0 saturated carbocycles. The lowest BCUT2D eigenvalue weighted by Gasteiger charge is -2.49. The van der Waals surface area contributed by atoms with Crippen LogP contribution >= 0.6 is 0 Å². The van der Waals surface area contributed by atoms with Crippen LogP contribution in [0.3, 0.4) is 0 Å². The molecule has 6 saturated heterocycles. The molecule has 4 bridgehead atoms. The van der Waals surface area contributed by atoms with Crippen LogP contribution in [-0.4, -0.2) is 129 Å². The third-order valence-corrected chi connectivity index (χ3v) is 18.7. The molecule has 0 radical (unpaired) electrons. The molecular weight excluding hydrogens is 1010 g/mol. The van der Waals surface area contributed by atoms with Gasteiger partial charge in [0.25, 0.3) is 0 Å². The minimum absolute atomic E-state index is 0.0431. The summed E-state index contributed by atoms with van der Waals surface area (Å²) in [4.78, 5) is 27.8. The predicted octanol–water partition coefficient (Wildman–Crippen LogP) is 10.4. The van der Waals surface area contributed by atoms with E-state index < -0.39 is 71.0 Å². The van der Waals surface area contributed by atoms with Gasteiger partial charge in [-0.2, -0.15) is 0 Å². The van der Waals surface area contributed by atoms with Crippen molar-refractivity contribution in [2.45, 2.75) is 224 Å². The Hall–Kier alpha value is -4.52. The van der Waals surface area contributed by atoms with Crippen LogP contribution in [0.4, 0.5) is 0 Å². The van der Waals surface area contributed by atoms with Crippen molar-refractivity contribution < 1.29 is 68.1 Å². The maximum absolute atomic E-state index is 13.9. The number of fused-ring (bicyclic) bond motifs is 4. The van der Waals surface area contributed by atoms with Crippen molar-refractivity contribution in [3.8, 4) is 0 Å². The van der Waals surface area contributed by atoms with E-state index in [9.17, 15) is 30.2 Å². The number of rotatable bonds is 1. The lowest BCUT2D eigenvalue weighted by molar-refractivity contribution is -0.335.